The lowest BCUT2D eigenvalue weighted by atomic mass is 10.1. The molecule has 0 saturated carbocycles. The van der Waals surface area contributed by atoms with Gasteiger partial charge in [-0.1, -0.05) is 30.3 Å². The van der Waals surface area contributed by atoms with Crippen molar-refractivity contribution in [3.05, 3.63) is 36.4 Å². The zero-order chi connectivity index (χ0) is 8.55. The van der Waals surface area contributed by atoms with Gasteiger partial charge in [0.1, 0.15) is 0 Å². The van der Waals surface area contributed by atoms with Crippen LogP contribution in [-0.4, -0.2) is 5.11 Å². The van der Waals surface area contributed by atoms with Crippen LogP contribution >= 0.6 is 0 Å². The predicted octanol–water partition coefficient (Wildman–Crippen LogP) is 2.69. The summed E-state index contributed by atoms with van der Waals surface area (Å²) in [6, 6.07) is 10.3. The van der Waals surface area contributed by atoms with Crippen molar-refractivity contribution >= 4 is 10.8 Å². The molecule has 2 aromatic carbocycles. The Hall–Kier alpha value is -1.70. The van der Waals surface area contributed by atoms with Gasteiger partial charge in [-0.25, -0.2) is 0 Å². The fourth-order valence-corrected chi connectivity index (χ4v) is 1.23. The first kappa shape index (κ1) is 6.98. The molecular weight excluding hydrogens is 152 g/mol. The number of fused-ring (bicyclic) bond motifs is 1. The van der Waals surface area contributed by atoms with Crippen LogP contribution < -0.4 is 0 Å². The fraction of sp³-hybridized carbons (Fsp3) is 0. The molecule has 0 fully saturated rings. The van der Waals surface area contributed by atoms with Gasteiger partial charge in [0.15, 0.2) is 5.75 Å². The predicted molar refractivity (Wildman–Crippen MR) is 45.7 cm³/mol. The summed E-state index contributed by atoms with van der Waals surface area (Å²) in [6.07, 6.45) is 0. The van der Waals surface area contributed by atoms with Gasteiger partial charge in [-0.3, -0.25) is 5.11 Å². The van der Waals surface area contributed by atoms with Crippen molar-refractivity contribution in [2.45, 2.75) is 0 Å². The van der Waals surface area contributed by atoms with Gasteiger partial charge < -0.3 is 5.11 Å². The molecule has 0 aliphatic rings. The molecule has 0 spiro atoms. The fourth-order valence-electron chi connectivity index (χ4n) is 1.23. The number of hydrogen-bond acceptors (Lipinski definition) is 1. The molecular formula is C10H7O2. The normalized spacial score (nSPS) is 10.3. The smallest absolute Gasteiger partial charge is 0.227 e. The third-order valence-electron chi connectivity index (χ3n) is 1.86. The molecule has 2 nitrogen and oxygen atoms in total. The highest BCUT2D eigenvalue weighted by molar-refractivity contribution is 5.90. The van der Waals surface area contributed by atoms with Crippen LogP contribution in [0.3, 0.4) is 0 Å². The highest BCUT2D eigenvalue weighted by atomic mass is 16.3. The van der Waals surface area contributed by atoms with Gasteiger partial charge in [0, 0.05) is 5.39 Å². The number of rotatable bonds is 0. The first-order chi connectivity index (χ1) is 5.79. The number of benzene rings is 2. The highest BCUT2D eigenvalue weighted by Gasteiger charge is 2.04. The van der Waals surface area contributed by atoms with Crippen LogP contribution in [0.5, 0.6) is 11.5 Å². The summed E-state index contributed by atoms with van der Waals surface area (Å²) in [6.45, 7) is 0. The van der Waals surface area contributed by atoms with E-state index in [0.29, 0.717) is 5.39 Å². The average molecular weight is 159 g/mol. The Morgan fingerprint density at radius 3 is 2.58 bits per heavy atom. The third-order valence-corrected chi connectivity index (χ3v) is 1.86. The minimum Gasteiger partial charge on any atom is -0.504 e. The van der Waals surface area contributed by atoms with Crippen molar-refractivity contribution in [3.63, 3.8) is 0 Å². The van der Waals surface area contributed by atoms with Crippen molar-refractivity contribution < 1.29 is 10.2 Å². The van der Waals surface area contributed by atoms with Crippen molar-refractivity contribution in [1.82, 2.24) is 0 Å². The standard InChI is InChI=1S/C10H7O2/c11-9-6-5-7-3-1-2-4-8(7)10(9)12/h1-6,11H. The molecule has 2 heteroatoms. The van der Waals surface area contributed by atoms with Crippen LogP contribution in [0.1, 0.15) is 0 Å². The van der Waals surface area contributed by atoms with Crippen LogP contribution in [0.2, 0.25) is 0 Å². The summed E-state index contributed by atoms with van der Waals surface area (Å²) in [5.41, 5.74) is 0. The second-order valence-corrected chi connectivity index (χ2v) is 2.63. The van der Waals surface area contributed by atoms with E-state index < -0.39 is 0 Å². The number of phenolic OH excluding ortho intramolecular Hbond substituents is 1. The molecule has 2 aromatic rings. The van der Waals surface area contributed by atoms with Crippen molar-refractivity contribution in [3.8, 4) is 11.5 Å². The molecule has 0 aliphatic heterocycles. The minimum absolute atomic E-state index is 0.186. The number of aromatic hydroxyl groups is 1. The van der Waals surface area contributed by atoms with E-state index in [-0.39, 0.29) is 11.5 Å². The molecule has 1 radical (unpaired) electrons. The minimum atomic E-state index is -0.298. The van der Waals surface area contributed by atoms with E-state index in [4.69, 9.17) is 5.11 Å². The lowest BCUT2D eigenvalue weighted by Gasteiger charge is -1.98. The Labute approximate surface area is 69.7 Å². The van der Waals surface area contributed by atoms with Gasteiger partial charge in [0.2, 0.25) is 5.75 Å². The summed E-state index contributed by atoms with van der Waals surface area (Å²) in [5, 5.41) is 21.8. The lowest BCUT2D eigenvalue weighted by Crippen LogP contribution is -1.72. The maximum Gasteiger partial charge on any atom is 0.227 e. The van der Waals surface area contributed by atoms with Crippen molar-refractivity contribution in [2.75, 3.05) is 0 Å². The third kappa shape index (κ3) is 0.889. The van der Waals surface area contributed by atoms with Gasteiger partial charge in [-0.2, -0.15) is 0 Å². The van der Waals surface area contributed by atoms with Crippen LogP contribution in [-0.2, 0) is 5.11 Å². The molecule has 0 heterocycles. The molecule has 0 aromatic heterocycles. The van der Waals surface area contributed by atoms with E-state index in [9.17, 15) is 5.11 Å². The zero-order valence-corrected chi connectivity index (χ0v) is 6.32. The van der Waals surface area contributed by atoms with Gasteiger partial charge in [-0.15, -0.1) is 0 Å². The summed E-state index contributed by atoms with van der Waals surface area (Å²) >= 11 is 0. The summed E-state index contributed by atoms with van der Waals surface area (Å²) < 4.78 is 0. The van der Waals surface area contributed by atoms with Gasteiger partial charge in [0.05, 0.1) is 0 Å². The Balaban J connectivity index is 2.91. The molecule has 0 unspecified atom stereocenters. The Morgan fingerprint density at radius 1 is 1.00 bits per heavy atom. The Kier molecular flexibility index (Phi) is 1.40. The van der Waals surface area contributed by atoms with E-state index in [2.05, 4.69) is 0 Å². The van der Waals surface area contributed by atoms with Crippen LogP contribution in [0.4, 0.5) is 0 Å². The SMILES string of the molecule is [O]c1c(O)ccc2ccccc12. The highest BCUT2D eigenvalue weighted by Crippen LogP contribution is 2.33. The van der Waals surface area contributed by atoms with Gasteiger partial charge >= 0.3 is 0 Å². The second kappa shape index (κ2) is 2.41. The summed E-state index contributed by atoms with van der Waals surface area (Å²) in [7, 11) is 0. The maximum absolute atomic E-state index is 11.3. The number of phenols is 1. The van der Waals surface area contributed by atoms with E-state index in [0.717, 1.165) is 5.39 Å². The first-order valence-corrected chi connectivity index (χ1v) is 3.67. The Morgan fingerprint density at radius 2 is 1.75 bits per heavy atom. The van der Waals surface area contributed by atoms with Crippen molar-refractivity contribution in [2.24, 2.45) is 0 Å². The molecule has 0 atom stereocenters. The monoisotopic (exact) mass is 159 g/mol. The summed E-state index contributed by atoms with van der Waals surface area (Å²) in [4.78, 5) is 0. The first-order valence-electron chi connectivity index (χ1n) is 3.67. The van der Waals surface area contributed by atoms with Crippen molar-refractivity contribution in [1.29, 1.82) is 0 Å². The second-order valence-electron chi connectivity index (χ2n) is 2.63. The molecule has 0 amide bonds. The molecule has 0 bridgehead atoms. The largest absolute Gasteiger partial charge is 0.504 e. The topological polar surface area (TPSA) is 40.1 Å². The number of hydrogen-bond donors (Lipinski definition) is 1. The Bertz CT molecular complexity index is 421. The molecule has 59 valence electrons. The zero-order valence-electron chi connectivity index (χ0n) is 6.32. The van der Waals surface area contributed by atoms with E-state index >= 15 is 0 Å². The van der Waals surface area contributed by atoms with Gasteiger partial charge in [-0.05, 0) is 11.5 Å². The average Bonchev–Trinajstić information content (AvgIpc) is 2.12. The van der Waals surface area contributed by atoms with E-state index in [1.54, 1.807) is 18.2 Å². The van der Waals surface area contributed by atoms with Crippen LogP contribution in [0, 0.1) is 0 Å². The van der Waals surface area contributed by atoms with Crippen LogP contribution in [0.25, 0.3) is 10.8 Å². The quantitative estimate of drug-likeness (QED) is 0.630. The van der Waals surface area contributed by atoms with E-state index in [1.165, 1.54) is 6.07 Å². The van der Waals surface area contributed by atoms with Crippen LogP contribution in [0.15, 0.2) is 36.4 Å². The molecule has 1 N–H and O–H groups in total. The maximum atomic E-state index is 11.3. The lowest BCUT2D eigenvalue weighted by molar-refractivity contribution is 0.330. The van der Waals surface area contributed by atoms with E-state index in [1.807, 2.05) is 12.1 Å². The molecule has 12 heavy (non-hydrogen) atoms. The summed E-state index contributed by atoms with van der Waals surface area (Å²) in [5.74, 6) is -0.484. The molecule has 0 aliphatic carbocycles. The molecule has 0 saturated heterocycles. The van der Waals surface area contributed by atoms with Gasteiger partial charge in [0.25, 0.3) is 0 Å². The molecule has 2 rings (SSSR count).